The maximum atomic E-state index is 6.22. The topological polar surface area (TPSA) is 26.0 Å². The zero-order valence-corrected chi connectivity index (χ0v) is 12.5. The minimum absolute atomic E-state index is 0.711. The molecule has 0 saturated carbocycles. The zero-order valence-electron chi connectivity index (χ0n) is 10.9. The summed E-state index contributed by atoms with van der Waals surface area (Å²) in [4.78, 5) is 4.65. The van der Waals surface area contributed by atoms with E-state index in [4.69, 9.17) is 16.0 Å². The van der Waals surface area contributed by atoms with E-state index in [1.807, 2.05) is 60.0 Å². The molecule has 0 fully saturated rings. The summed E-state index contributed by atoms with van der Waals surface area (Å²) in [6, 6.07) is 17.7. The Bertz CT molecular complexity index is 892. The second kappa shape index (κ2) is 5.02. The highest BCUT2D eigenvalue weighted by Crippen LogP contribution is 2.34. The van der Waals surface area contributed by atoms with Crippen molar-refractivity contribution in [3.05, 3.63) is 65.0 Å². The summed E-state index contributed by atoms with van der Waals surface area (Å²) in [5.74, 6) is 0.783. The maximum absolute atomic E-state index is 6.22. The summed E-state index contributed by atoms with van der Waals surface area (Å²) in [6.07, 6.45) is 0. The van der Waals surface area contributed by atoms with Crippen LogP contribution in [0.2, 0.25) is 5.02 Å². The molecule has 21 heavy (non-hydrogen) atoms. The van der Waals surface area contributed by atoms with Gasteiger partial charge >= 0.3 is 0 Å². The van der Waals surface area contributed by atoms with Crippen LogP contribution in [0.1, 0.15) is 0 Å². The summed E-state index contributed by atoms with van der Waals surface area (Å²) in [6.45, 7) is 0. The average molecular weight is 312 g/mol. The van der Waals surface area contributed by atoms with E-state index in [1.165, 1.54) is 0 Å². The molecule has 0 aliphatic heterocycles. The van der Waals surface area contributed by atoms with Gasteiger partial charge in [-0.1, -0.05) is 48.0 Å². The Hall–Kier alpha value is -2.10. The molecule has 0 unspecified atom stereocenters. The van der Waals surface area contributed by atoms with Crippen LogP contribution in [0.3, 0.4) is 0 Å². The molecule has 0 saturated heterocycles. The molecule has 4 aromatic rings. The Morgan fingerprint density at radius 1 is 1.00 bits per heavy atom. The van der Waals surface area contributed by atoms with Gasteiger partial charge in [0.2, 0.25) is 0 Å². The normalized spacial score (nSPS) is 11.1. The van der Waals surface area contributed by atoms with Gasteiger partial charge in [-0.05, 0) is 18.2 Å². The first-order valence-electron chi connectivity index (χ1n) is 6.50. The predicted octanol–water partition coefficient (Wildman–Crippen LogP) is 5.88. The van der Waals surface area contributed by atoms with Crippen LogP contribution in [0.4, 0.5) is 0 Å². The van der Waals surface area contributed by atoms with Crippen molar-refractivity contribution in [2.45, 2.75) is 0 Å². The molecular weight excluding hydrogens is 302 g/mol. The van der Waals surface area contributed by atoms with Gasteiger partial charge in [-0.2, -0.15) is 0 Å². The fourth-order valence-electron chi connectivity index (χ4n) is 2.25. The molecule has 0 N–H and O–H groups in total. The first kappa shape index (κ1) is 12.6. The van der Waals surface area contributed by atoms with Crippen LogP contribution in [0.25, 0.3) is 33.0 Å². The van der Waals surface area contributed by atoms with Gasteiger partial charge in [-0.25, -0.2) is 4.98 Å². The summed E-state index contributed by atoms with van der Waals surface area (Å²) >= 11 is 7.79. The number of aromatic nitrogens is 1. The molecule has 0 atom stereocenters. The van der Waals surface area contributed by atoms with E-state index < -0.39 is 0 Å². The second-order valence-corrected chi connectivity index (χ2v) is 5.93. The van der Waals surface area contributed by atoms with Gasteiger partial charge in [-0.3, -0.25) is 0 Å². The number of hydrogen-bond acceptors (Lipinski definition) is 3. The van der Waals surface area contributed by atoms with Crippen molar-refractivity contribution in [2.24, 2.45) is 0 Å². The van der Waals surface area contributed by atoms with Crippen LogP contribution in [0.5, 0.6) is 0 Å². The minimum Gasteiger partial charge on any atom is -0.454 e. The van der Waals surface area contributed by atoms with Crippen molar-refractivity contribution in [1.29, 1.82) is 0 Å². The van der Waals surface area contributed by atoms with E-state index in [1.54, 1.807) is 11.3 Å². The predicted molar refractivity (Wildman–Crippen MR) is 87.8 cm³/mol. The molecule has 0 bridgehead atoms. The van der Waals surface area contributed by atoms with Crippen LogP contribution in [-0.2, 0) is 0 Å². The Balaban J connectivity index is 1.79. The molecule has 102 valence electrons. The summed E-state index contributed by atoms with van der Waals surface area (Å²) in [7, 11) is 0. The lowest BCUT2D eigenvalue weighted by molar-refractivity contribution is 0.629. The SMILES string of the molecule is Clc1ccccc1-c1nc(-c2cc3ccccc3o2)cs1. The van der Waals surface area contributed by atoms with Crippen LogP contribution >= 0.6 is 22.9 Å². The number of nitrogens with zero attached hydrogens (tertiary/aromatic N) is 1. The average Bonchev–Trinajstić information content (AvgIpc) is 3.14. The molecule has 2 aromatic carbocycles. The number of hydrogen-bond donors (Lipinski definition) is 0. The highest BCUT2D eigenvalue weighted by Gasteiger charge is 2.12. The molecule has 2 heterocycles. The molecule has 0 spiro atoms. The number of halogens is 1. The van der Waals surface area contributed by atoms with Crippen LogP contribution in [-0.4, -0.2) is 4.98 Å². The molecule has 0 amide bonds. The Kier molecular flexibility index (Phi) is 3.02. The maximum Gasteiger partial charge on any atom is 0.154 e. The van der Waals surface area contributed by atoms with E-state index in [0.29, 0.717) is 5.02 Å². The van der Waals surface area contributed by atoms with E-state index in [-0.39, 0.29) is 0 Å². The molecule has 2 nitrogen and oxygen atoms in total. The number of furan rings is 1. The first-order valence-corrected chi connectivity index (χ1v) is 7.76. The first-order chi connectivity index (χ1) is 10.3. The lowest BCUT2D eigenvalue weighted by Crippen LogP contribution is -1.78. The molecule has 4 heteroatoms. The minimum atomic E-state index is 0.711. The Labute approximate surface area is 130 Å². The van der Waals surface area contributed by atoms with Gasteiger partial charge < -0.3 is 4.42 Å². The number of benzene rings is 2. The van der Waals surface area contributed by atoms with E-state index >= 15 is 0 Å². The van der Waals surface area contributed by atoms with Gasteiger partial charge in [0, 0.05) is 16.3 Å². The lowest BCUT2D eigenvalue weighted by atomic mass is 10.2. The fraction of sp³-hybridized carbons (Fsp3) is 0. The van der Waals surface area contributed by atoms with E-state index in [0.717, 1.165) is 33.0 Å². The lowest BCUT2D eigenvalue weighted by Gasteiger charge is -1.98. The van der Waals surface area contributed by atoms with Crippen molar-refractivity contribution in [3.63, 3.8) is 0 Å². The number of para-hydroxylation sites is 1. The third-order valence-corrected chi connectivity index (χ3v) is 4.49. The summed E-state index contributed by atoms with van der Waals surface area (Å²) < 4.78 is 5.84. The van der Waals surface area contributed by atoms with Crippen LogP contribution in [0.15, 0.2) is 64.4 Å². The van der Waals surface area contributed by atoms with Crippen molar-refractivity contribution in [1.82, 2.24) is 4.98 Å². The van der Waals surface area contributed by atoms with Gasteiger partial charge in [-0.15, -0.1) is 11.3 Å². The Morgan fingerprint density at radius 3 is 2.67 bits per heavy atom. The van der Waals surface area contributed by atoms with E-state index in [9.17, 15) is 0 Å². The monoisotopic (exact) mass is 311 g/mol. The second-order valence-electron chi connectivity index (χ2n) is 4.67. The van der Waals surface area contributed by atoms with Crippen molar-refractivity contribution < 1.29 is 4.42 Å². The zero-order chi connectivity index (χ0) is 14.2. The molecule has 4 rings (SSSR count). The summed E-state index contributed by atoms with van der Waals surface area (Å²) in [5, 5.41) is 4.69. The van der Waals surface area contributed by atoms with Crippen LogP contribution < -0.4 is 0 Å². The highest BCUT2D eigenvalue weighted by atomic mass is 35.5. The van der Waals surface area contributed by atoms with Crippen molar-refractivity contribution >= 4 is 33.9 Å². The quantitative estimate of drug-likeness (QED) is 0.462. The van der Waals surface area contributed by atoms with Crippen molar-refractivity contribution in [3.8, 4) is 22.0 Å². The van der Waals surface area contributed by atoms with Crippen molar-refractivity contribution in [2.75, 3.05) is 0 Å². The Morgan fingerprint density at radius 2 is 1.81 bits per heavy atom. The number of rotatable bonds is 2. The molecule has 0 aliphatic carbocycles. The van der Waals surface area contributed by atoms with Gasteiger partial charge in [0.25, 0.3) is 0 Å². The van der Waals surface area contributed by atoms with Gasteiger partial charge in [0.15, 0.2) is 5.76 Å². The third-order valence-electron chi connectivity index (χ3n) is 3.29. The largest absolute Gasteiger partial charge is 0.454 e. The van der Waals surface area contributed by atoms with Gasteiger partial charge in [0.1, 0.15) is 16.3 Å². The van der Waals surface area contributed by atoms with Crippen LogP contribution in [0, 0.1) is 0 Å². The third kappa shape index (κ3) is 2.24. The van der Waals surface area contributed by atoms with E-state index in [2.05, 4.69) is 4.98 Å². The highest BCUT2D eigenvalue weighted by molar-refractivity contribution is 7.13. The molecule has 0 radical (unpaired) electrons. The molecular formula is C17H10ClNOS. The standard InChI is InChI=1S/C17H10ClNOS/c18-13-7-3-2-6-12(13)17-19-14(10-21-17)16-9-11-5-1-4-8-15(11)20-16/h1-10H. The van der Waals surface area contributed by atoms with Gasteiger partial charge in [0.05, 0.1) is 5.02 Å². The fourth-order valence-corrected chi connectivity index (χ4v) is 3.38. The molecule has 2 aromatic heterocycles. The number of fused-ring (bicyclic) bond motifs is 1. The number of thiazole rings is 1. The summed E-state index contributed by atoms with van der Waals surface area (Å²) in [5.41, 5.74) is 2.66. The molecule has 0 aliphatic rings. The smallest absolute Gasteiger partial charge is 0.154 e.